The number of benzene rings is 7. The molecule has 7 aromatic carbocycles. The predicted octanol–water partition coefficient (Wildman–Crippen LogP) is 11.3. The number of rotatable bonds is 5. The van der Waals surface area contributed by atoms with Crippen LogP contribution in [0.4, 0.5) is 0 Å². The Morgan fingerprint density at radius 3 is 1.34 bits per heavy atom. The Hall–Kier alpha value is -5.44. The largest absolute Gasteiger partial charge is 0.457 e. The molecular formula is C45H36OSi. The molecule has 1 heterocycles. The van der Waals surface area contributed by atoms with Gasteiger partial charge in [-0.2, -0.15) is 0 Å². The molecule has 0 bridgehead atoms. The molecule has 0 saturated carbocycles. The average molecular weight is 621 g/mol. The quantitative estimate of drug-likeness (QED) is 0.174. The Balaban J connectivity index is 1.30. The molecule has 47 heavy (non-hydrogen) atoms. The van der Waals surface area contributed by atoms with Gasteiger partial charge in [0.05, 0.1) is 0 Å². The van der Waals surface area contributed by atoms with Gasteiger partial charge in [-0.25, -0.2) is 0 Å². The van der Waals surface area contributed by atoms with E-state index in [1.165, 1.54) is 71.6 Å². The van der Waals surface area contributed by atoms with Gasteiger partial charge in [0.15, 0.2) is 0 Å². The van der Waals surface area contributed by atoms with E-state index in [4.69, 9.17) is 4.74 Å². The Bertz CT molecular complexity index is 2220. The lowest BCUT2D eigenvalue weighted by atomic mass is 9.85. The van der Waals surface area contributed by atoms with Crippen LogP contribution in [0.2, 0.25) is 13.1 Å². The summed E-state index contributed by atoms with van der Waals surface area (Å²) in [5.41, 5.74) is 13.3. The minimum Gasteiger partial charge on any atom is -0.457 e. The van der Waals surface area contributed by atoms with Crippen LogP contribution >= 0.6 is 0 Å². The molecule has 0 N–H and O–H groups in total. The third kappa shape index (κ3) is 5.12. The number of hydrogen-bond acceptors (Lipinski definition) is 1. The smallest absolute Gasteiger partial charge is 0.135 e. The van der Waals surface area contributed by atoms with Crippen molar-refractivity contribution < 1.29 is 4.74 Å². The van der Waals surface area contributed by atoms with Gasteiger partial charge in [-0.1, -0.05) is 159 Å². The van der Waals surface area contributed by atoms with Crippen LogP contribution in [0.5, 0.6) is 11.5 Å². The summed E-state index contributed by atoms with van der Waals surface area (Å²) in [7, 11) is -1.92. The van der Waals surface area contributed by atoms with Crippen molar-refractivity contribution >= 4 is 18.4 Å². The summed E-state index contributed by atoms with van der Waals surface area (Å²) < 4.78 is 6.73. The van der Waals surface area contributed by atoms with Gasteiger partial charge >= 0.3 is 0 Å². The molecule has 0 unspecified atom stereocenters. The molecule has 1 aliphatic heterocycles. The fourth-order valence-corrected chi connectivity index (χ4v) is 9.99. The van der Waals surface area contributed by atoms with E-state index in [1.807, 2.05) is 0 Å². The molecule has 1 aliphatic rings. The highest BCUT2D eigenvalue weighted by molar-refractivity contribution is 7.01. The monoisotopic (exact) mass is 620 g/mol. The summed E-state index contributed by atoms with van der Waals surface area (Å²) in [6.07, 6.45) is 0. The van der Waals surface area contributed by atoms with Crippen molar-refractivity contribution in [3.8, 4) is 67.1 Å². The maximum atomic E-state index is 6.73. The van der Waals surface area contributed by atoms with Crippen molar-refractivity contribution in [2.75, 3.05) is 0 Å². The molecule has 1 nitrogen and oxygen atoms in total. The Kier molecular flexibility index (Phi) is 7.23. The Morgan fingerprint density at radius 1 is 0.404 bits per heavy atom. The molecule has 8 rings (SSSR count). The van der Waals surface area contributed by atoms with E-state index in [2.05, 4.69) is 184 Å². The van der Waals surface area contributed by atoms with E-state index in [0.717, 1.165) is 11.5 Å². The zero-order valence-corrected chi connectivity index (χ0v) is 28.0. The third-order valence-electron chi connectivity index (χ3n) is 9.71. The second-order valence-electron chi connectivity index (χ2n) is 13.0. The fourth-order valence-electron chi connectivity index (χ4n) is 7.19. The molecule has 2 heteroatoms. The molecule has 0 fully saturated rings. The maximum absolute atomic E-state index is 6.73. The van der Waals surface area contributed by atoms with Crippen molar-refractivity contribution in [2.24, 2.45) is 0 Å². The standard InChI is InChI=1S/C45H36OSi/c1-31-23-28-43-45(46-41-21-13-14-22-42(41)47(43,2)3)44(31)36-26-24-35(25-27-36)40-30-38(33-17-9-5-10-18-33)37(32-15-7-4-8-16-32)29-39(40)34-19-11-6-12-20-34/h4-30H,1-3H3. The van der Waals surface area contributed by atoms with Crippen molar-refractivity contribution in [3.63, 3.8) is 0 Å². The molecule has 7 aromatic rings. The first-order valence-corrected chi connectivity index (χ1v) is 19.4. The molecule has 0 amide bonds. The molecule has 0 saturated heterocycles. The summed E-state index contributed by atoms with van der Waals surface area (Å²) in [4.78, 5) is 0. The Morgan fingerprint density at radius 2 is 0.830 bits per heavy atom. The van der Waals surface area contributed by atoms with E-state index >= 15 is 0 Å². The molecule has 0 atom stereocenters. The molecule has 226 valence electrons. The number of para-hydroxylation sites is 1. The molecule has 0 aromatic heterocycles. The first-order chi connectivity index (χ1) is 23.0. The summed E-state index contributed by atoms with van der Waals surface area (Å²) in [6.45, 7) is 7.07. The zero-order chi connectivity index (χ0) is 32.0. The maximum Gasteiger partial charge on any atom is 0.135 e. The fraction of sp³-hybridized carbons (Fsp3) is 0.0667. The van der Waals surface area contributed by atoms with Crippen LogP contribution in [0.1, 0.15) is 5.56 Å². The second-order valence-corrected chi connectivity index (χ2v) is 17.3. The van der Waals surface area contributed by atoms with Crippen LogP contribution in [0.25, 0.3) is 55.6 Å². The van der Waals surface area contributed by atoms with Crippen LogP contribution in [-0.4, -0.2) is 8.07 Å². The third-order valence-corrected chi connectivity index (χ3v) is 13.2. The normalized spacial score (nSPS) is 12.9. The predicted molar refractivity (Wildman–Crippen MR) is 202 cm³/mol. The lowest BCUT2D eigenvalue weighted by molar-refractivity contribution is 0.488. The van der Waals surface area contributed by atoms with E-state index in [9.17, 15) is 0 Å². The molecule has 0 spiro atoms. The van der Waals surface area contributed by atoms with Gasteiger partial charge in [-0.05, 0) is 91.1 Å². The van der Waals surface area contributed by atoms with Gasteiger partial charge in [0.2, 0.25) is 0 Å². The van der Waals surface area contributed by atoms with Crippen LogP contribution in [0.15, 0.2) is 164 Å². The zero-order valence-electron chi connectivity index (χ0n) is 27.0. The first kappa shape index (κ1) is 29.0. The van der Waals surface area contributed by atoms with Gasteiger partial charge in [-0.3, -0.25) is 0 Å². The van der Waals surface area contributed by atoms with Gasteiger partial charge in [0.25, 0.3) is 0 Å². The van der Waals surface area contributed by atoms with Gasteiger partial charge < -0.3 is 4.74 Å². The summed E-state index contributed by atoms with van der Waals surface area (Å²) in [5.74, 6) is 2.02. The van der Waals surface area contributed by atoms with Crippen molar-refractivity contribution in [1.29, 1.82) is 0 Å². The van der Waals surface area contributed by atoms with E-state index in [0.29, 0.717) is 0 Å². The highest BCUT2D eigenvalue weighted by Gasteiger charge is 2.37. The number of hydrogen-bond donors (Lipinski definition) is 0. The van der Waals surface area contributed by atoms with Gasteiger partial charge in [-0.15, -0.1) is 0 Å². The van der Waals surface area contributed by atoms with Gasteiger partial charge in [0.1, 0.15) is 19.6 Å². The van der Waals surface area contributed by atoms with Crippen molar-refractivity contribution in [3.05, 3.63) is 169 Å². The highest BCUT2D eigenvalue weighted by Crippen LogP contribution is 2.44. The van der Waals surface area contributed by atoms with Crippen LogP contribution in [0, 0.1) is 6.92 Å². The summed E-state index contributed by atoms with van der Waals surface area (Å²) >= 11 is 0. The lowest BCUT2D eigenvalue weighted by Crippen LogP contribution is -2.56. The van der Waals surface area contributed by atoms with E-state index in [1.54, 1.807) is 0 Å². The van der Waals surface area contributed by atoms with Crippen molar-refractivity contribution in [1.82, 2.24) is 0 Å². The average Bonchev–Trinajstić information content (AvgIpc) is 3.12. The van der Waals surface area contributed by atoms with Crippen LogP contribution in [-0.2, 0) is 0 Å². The van der Waals surface area contributed by atoms with Gasteiger partial charge in [0, 0.05) is 5.56 Å². The highest BCUT2D eigenvalue weighted by atomic mass is 28.3. The second kappa shape index (κ2) is 11.7. The first-order valence-electron chi connectivity index (χ1n) is 16.4. The molecular weight excluding hydrogens is 585 g/mol. The number of fused-ring (bicyclic) bond motifs is 2. The molecule has 0 aliphatic carbocycles. The van der Waals surface area contributed by atoms with E-state index < -0.39 is 8.07 Å². The van der Waals surface area contributed by atoms with Crippen LogP contribution in [0.3, 0.4) is 0 Å². The number of ether oxygens (including phenoxy) is 1. The van der Waals surface area contributed by atoms with Crippen LogP contribution < -0.4 is 15.1 Å². The molecule has 0 radical (unpaired) electrons. The Labute approximate surface area is 278 Å². The SMILES string of the molecule is Cc1ccc2c(c1-c1ccc(-c3cc(-c4ccccc4)c(-c4ccccc4)cc3-c3ccccc3)cc1)Oc1ccccc1[Si]2(C)C. The van der Waals surface area contributed by atoms with Crippen molar-refractivity contribution in [2.45, 2.75) is 20.0 Å². The minimum atomic E-state index is -1.92. The topological polar surface area (TPSA) is 9.23 Å². The lowest BCUT2D eigenvalue weighted by Gasteiger charge is -2.34. The minimum absolute atomic E-state index is 1.000. The summed E-state index contributed by atoms with van der Waals surface area (Å²) in [6, 6.07) is 59.3. The number of aryl methyl sites for hydroxylation is 1. The van der Waals surface area contributed by atoms with E-state index in [-0.39, 0.29) is 0 Å². The summed E-state index contributed by atoms with van der Waals surface area (Å²) in [5, 5.41) is 2.72.